The van der Waals surface area contributed by atoms with Gasteiger partial charge in [0.2, 0.25) is 0 Å². The zero-order chi connectivity index (χ0) is 15.1. The van der Waals surface area contributed by atoms with E-state index in [2.05, 4.69) is 6.07 Å². The Labute approximate surface area is 119 Å². The molecular weight excluding hydrogens is 252 g/mol. The fraction of sp³-hybridized carbons (Fsp3) is 0.412. The summed E-state index contributed by atoms with van der Waals surface area (Å²) < 4.78 is 4.72. The summed E-state index contributed by atoms with van der Waals surface area (Å²) in [7, 11) is 1.30. The highest BCUT2D eigenvalue weighted by atomic mass is 16.5. The van der Waals surface area contributed by atoms with Gasteiger partial charge in [0.15, 0.2) is 5.78 Å². The summed E-state index contributed by atoms with van der Waals surface area (Å²) in [5.74, 6) is -0.715. The van der Waals surface area contributed by atoms with Crippen molar-refractivity contribution in [3.63, 3.8) is 0 Å². The molecule has 3 nitrogen and oxygen atoms in total. The Kier molecular flexibility index (Phi) is 3.32. The molecule has 0 unspecified atom stereocenters. The van der Waals surface area contributed by atoms with Crippen molar-refractivity contribution in [3.8, 4) is 0 Å². The predicted molar refractivity (Wildman–Crippen MR) is 77.4 cm³/mol. The molecule has 0 aromatic heterocycles. The molecule has 1 aromatic carbocycles. The van der Waals surface area contributed by atoms with Gasteiger partial charge in [-0.2, -0.15) is 0 Å². The third-order valence-corrected chi connectivity index (χ3v) is 4.57. The van der Waals surface area contributed by atoms with Gasteiger partial charge in [-0.15, -0.1) is 0 Å². The Balaban J connectivity index is 2.62. The highest BCUT2D eigenvalue weighted by Gasteiger charge is 2.54. The maximum Gasteiger partial charge on any atom is 0.341 e. The summed E-state index contributed by atoms with van der Waals surface area (Å²) in [4.78, 5) is 24.3. The molecule has 0 amide bonds. The summed E-state index contributed by atoms with van der Waals surface area (Å²) in [5, 5.41) is 0. The van der Waals surface area contributed by atoms with E-state index in [9.17, 15) is 9.59 Å². The van der Waals surface area contributed by atoms with E-state index in [4.69, 9.17) is 4.74 Å². The number of benzene rings is 1. The first-order valence-corrected chi connectivity index (χ1v) is 6.67. The van der Waals surface area contributed by atoms with Crippen LogP contribution in [0.3, 0.4) is 0 Å². The number of carbonyl (C=O) groups excluding carboxylic acids is 2. The molecule has 20 heavy (non-hydrogen) atoms. The van der Waals surface area contributed by atoms with E-state index < -0.39 is 16.8 Å². The van der Waals surface area contributed by atoms with Gasteiger partial charge < -0.3 is 4.74 Å². The smallest absolute Gasteiger partial charge is 0.341 e. The lowest BCUT2D eigenvalue weighted by atomic mass is 9.64. The lowest BCUT2D eigenvalue weighted by Crippen LogP contribution is -2.39. The van der Waals surface area contributed by atoms with Crippen LogP contribution in [0.25, 0.3) is 0 Å². The van der Waals surface area contributed by atoms with Crippen LogP contribution < -0.4 is 0 Å². The van der Waals surface area contributed by atoms with Gasteiger partial charge in [-0.05, 0) is 12.5 Å². The third kappa shape index (κ3) is 1.89. The molecule has 0 heterocycles. The van der Waals surface area contributed by atoms with Gasteiger partial charge in [-0.1, -0.05) is 56.7 Å². The second kappa shape index (κ2) is 4.58. The molecule has 0 saturated heterocycles. The molecule has 1 aliphatic carbocycles. The molecule has 0 fully saturated rings. The Hall–Kier alpha value is -1.90. The van der Waals surface area contributed by atoms with E-state index in [1.807, 2.05) is 45.9 Å². The minimum absolute atomic E-state index is 0.154. The van der Waals surface area contributed by atoms with E-state index in [1.165, 1.54) is 7.11 Å². The summed E-state index contributed by atoms with van der Waals surface area (Å²) in [6, 6.07) is 8.05. The number of rotatable bonds is 2. The van der Waals surface area contributed by atoms with Crippen molar-refractivity contribution in [3.05, 3.63) is 47.0 Å². The summed E-state index contributed by atoms with van der Waals surface area (Å²) in [6.45, 7) is 7.77. The van der Waals surface area contributed by atoms with Gasteiger partial charge in [-0.3, -0.25) is 4.79 Å². The summed E-state index contributed by atoms with van der Waals surface area (Å²) >= 11 is 0. The number of carbonyl (C=O) groups is 2. The zero-order valence-electron chi connectivity index (χ0n) is 12.6. The molecule has 0 bridgehead atoms. The standard InChI is InChI=1S/C17H20O3/c1-11-7-6-8-12(9-11)17(4)10-13(15(19)20-5)14(18)16(17,2)3/h6-10H,1-5H3/t17-/m1/s1. The van der Waals surface area contributed by atoms with E-state index in [0.29, 0.717) is 0 Å². The molecular formula is C17H20O3. The van der Waals surface area contributed by atoms with Crippen LogP contribution in [0.4, 0.5) is 0 Å². The van der Waals surface area contributed by atoms with Gasteiger partial charge in [0.1, 0.15) is 5.57 Å². The van der Waals surface area contributed by atoms with Gasteiger partial charge in [0, 0.05) is 10.8 Å². The van der Waals surface area contributed by atoms with E-state index in [0.717, 1.165) is 11.1 Å². The number of aryl methyl sites for hydroxylation is 1. The molecule has 1 aliphatic rings. The van der Waals surface area contributed by atoms with Gasteiger partial charge in [-0.25, -0.2) is 4.79 Å². The summed E-state index contributed by atoms with van der Waals surface area (Å²) in [5.41, 5.74) is 1.13. The molecule has 0 aliphatic heterocycles. The van der Waals surface area contributed by atoms with Gasteiger partial charge in [0.05, 0.1) is 7.11 Å². The first kappa shape index (κ1) is 14.5. The van der Waals surface area contributed by atoms with Crippen LogP contribution in [0.15, 0.2) is 35.9 Å². The fourth-order valence-electron chi connectivity index (χ4n) is 2.78. The molecule has 1 atom stereocenters. The maximum absolute atomic E-state index is 12.5. The van der Waals surface area contributed by atoms with Crippen molar-refractivity contribution < 1.29 is 14.3 Å². The van der Waals surface area contributed by atoms with E-state index >= 15 is 0 Å². The van der Waals surface area contributed by atoms with Crippen LogP contribution in [0.1, 0.15) is 31.9 Å². The number of ketones is 1. The second-order valence-electron chi connectivity index (χ2n) is 6.08. The predicted octanol–water partition coefficient (Wildman–Crippen LogP) is 2.96. The van der Waals surface area contributed by atoms with Crippen LogP contribution in [0, 0.1) is 12.3 Å². The van der Waals surface area contributed by atoms with Crippen LogP contribution in [-0.2, 0) is 19.7 Å². The largest absolute Gasteiger partial charge is 0.465 e. The van der Waals surface area contributed by atoms with Crippen molar-refractivity contribution in [1.29, 1.82) is 0 Å². The molecule has 3 heteroatoms. The number of esters is 1. The average molecular weight is 272 g/mol. The van der Waals surface area contributed by atoms with Gasteiger partial charge >= 0.3 is 5.97 Å². The first-order valence-electron chi connectivity index (χ1n) is 6.67. The number of ether oxygens (including phenoxy) is 1. The fourth-order valence-corrected chi connectivity index (χ4v) is 2.78. The number of hydrogen-bond donors (Lipinski definition) is 0. The van der Waals surface area contributed by atoms with E-state index in [1.54, 1.807) is 6.08 Å². The van der Waals surface area contributed by atoms with Crippen LogP contribution in [0.5, 0.6) is 0 Å². The molecule has 106 valence electrons. The molecule has 0 spiro atoms. The molecule has 2 rings (SSSR count). The van der Waals surface area contributed by atoms with E-state index in [-0.39, 0.29) is 11.4 Å². The lowest BCUT2D eigenvalue weighted by molar-refractivity contribution is -0.138. The number of methoxy groups -OCH3 is 1. The molecule has 1 aromatic rings. The SMILES string of the molecule is COC(=O)C1=C[C@](C)(c2cccc(C)c2)C(C)(C)C1=O. The Morgan fingerprint density at radius 3 is 2.40 bits per heavy atom. The maximum atomic E-state index is 12.5. The highest BCUT2D eigenvalue weighted by molar-refractivity contribution is 6.22. The number of Topliss-reactive ketones (excluding diaryl/α,β-unsaturated/α-hetero) is 1. The second-order valence-corrected chi connectivity index (χ2v) is 6.08. The monoisotopic (exact) mass is 272 g/mol. The lowest BCUT2D eigenvalue weighted by Gasteiger charge is -2.37. The Bertz CT molecular complexity index is 610. The van der Waals surface area contributed by atoms with Crippen LogP contribution in [-0.4, -0.2) is 18.9 Å². The van der Waals surface area contributed by atoms with Crippen molar-refractivity contribution in [1.82, 2.24) is 0 Å². The van der Waals surface area contributed by atoms with Crippen LogP contribution in [0.2, 0.25) is 0 Å². The number of allylic oxidation sites excluding steroid dienone is 1. The van der Waals surface area contributed by atoms with Crippen molar-refractivity contribution in [2.45, 2.75) is 33.1 Å². The normalized spacial score (nSPS) is 24.4. The van der Waals surface area contributed by atoms with Crippen molar-refractivity contribution in [2.24, 2.45) is 5.41 Å². The number of hydrogen-bond acceptors (Lipinski definition) is 3. The topological polar surface area (TPSA) is 43.4 Å². The Morgan fingerprint density at radius 2 is 1.85 bits per heavy atom. The first-order chi connectivity index (χ1) is 9.24. The molecule has 0 N–H and O–H groups in total. The third-order valence-electron chi connectivity index (χ3n) is 4.57. The van der Waals surface area contributed by atoms with Crippen LogP contribution >= 0.6 is 0 Å². The summed E-state index contributed by atoms with van der Waals surface area (Å²) in [6.07, 6.45) is 1.76. The van der Waals surface area contributed by atoms with Crippen molar-refractivity contribution >= 4 is 11.8 Å². The minimum atomic E-state index is -0.676. The average Bonchev–Trinajstić information content (AvgIpc) is 2.59. The highest BCUT2D eigenvalue weighted by Crippen LogP contribution is 2.50. The Morgan fingerprint density at radius 1 is 1.20 bits per heavy atom. The van der Waals surface area contributed by atoms with Crippen molar-refractivity contribution in [2.75, 3.05) is 7.11 Å². The van der Waals surface area contributed by atoms with Gasteiger partial charge in [0.25, 0.3) is 0 Å². The minimum Gasteiger partial charge on any atom is -0.465 e. The quantitative estimate of drug-likeness (QED) is 0.614. The molecule has 0 radical (unpaired) electrons. The molecule has 0 saturated carbocycles. The zero-order valence-corrected chi connectivity index (χ0v) is 12.6.